The molecule has 1 aromatic rings. The van der Waals surface area contributed by atoms with E-state index in [2.05, 4.69) is 29.4 Å². The van der Waals surface area contributed by atoms with Gasteiger partial charge >= 0.3 is 0 Å². The van der Waals surface area contributed by atoms with Gasteiger partial charge in [0.15, 0.2) is 5.82 Å². The van der Waals surface area contributed by atoms with Crippen LogP contribution < -0.4 is 10.6 Å². The lowest BCUT2D eigenvalue weighted by Gasteiger charge is -2.34. The van der Waals surface area contributed by atoms with Crippen LogP contribution in [-0.2, 0) is 0 Å². The highest BCUT2D eigenvalue weighted by atomic mass is 32.2. The zero-order valence-corrected chi connectivity index (χ0v) is 12.4. The van der Waals surface area contributed by atoms with E-state index in [0.29, 0.717) is 5.82 Å². The number of hydrogen-bond donors (Lipinski definition) is 1. The van der Waals surface area contributed by atoms with Gasteiger partial charge in [0.1, 0.15) is 5.00 Å². The zero-order chi connectivity index (χ0) is 12.4. The van der Waals surface area contributed by atoms with Gasteiger partial charge in [-0.15, -0.1) is 11.8 Å². The largest absolute Gasteiger partial charge is 0.382 e. The first-order valence-corrected chi connectivity index (χ1v) is 8.17. The van der Waals surface area contributed by atoms with Gasteiger partial charge in [-0.2, -0.15) is 4.37 Å². The normalized spacial score (nSPS) is 18.0. The highest BCUT2D eigenvalue weighted by Crippen LogP contribution is 2.39. The molecular weight excluding hydrogens is 250 g/mol. The smallest absolute Gasteiger partial charge is 0.153 e. The Kier molecular flexibility index (Phi) is 4.20. The first kappa shape index (κ1) is 13.0. The van der Waals surface area contributed by atoms with Crippen molar-refractivity contribution in [2.24, 2.45) is 11.8 Å². The summed E-state index contributed by atoms with van der Waals surface area (Å²) in [4.78, 5) is 3.62. The average molecular weight is 271 g/mol. The van der Waals surface area contributed by atoms with E-state index in [1.807, 2.05) is 0 Å². The minimum absolute atomic E-state index is 0.698. The third kappa shape index (κ3) is 2.71. The third-order valence-corrected chi connectivity index (χ3v) is 5.49. The van der Waals surface area contributed by atoms with Gasteiger partial charge in [0, 0.05) is 13.1 Å². The van der Waals surface area contributed by atoms with Gasteiger partial charge in [0.25, 0.3) is 0 Å². The van der Waals surface area contributed by atoms with E-state index in [0.717, 1.165) is 29.8 Å². The van der Waals surface area contributed by atoms with Crippen LogP contribution in [0.1, 0.15) is 26.7 Å². The topological polar surface area (TPSA) is 42.1 Å². The molecule has 1 aliphatic rings. The molecule has 0 atom stereocenters. The summed E-state index contributed by atoms with van der Waals surface area (Å²) in [5, 5.41) is 1.28. The second kappa shape index (κ2) is 5.48. The molecule has 96 valence electrons. The van der Waals surface area contributed by atoms with Crippen molar-refractivity contribution in [1.29, 1.82) is 0 Å². The molecule has 2 heterocycles. The molecule has 0 spiro atoms. The summed E-state index contributed by atoms with van der Waals surface area (Å²) < 4.78 is 4.27. The fourth-order valence-corrected chi connectivity index (χ4v) is 4.19. The van der Waals surface area contributed by atoms with Crippen LogP contribution >= 0.6 is 23.3 Å². The Morgan fingerprint density at radius 3 is 2.59 bits per heavy atom. The molecule has 2 rings (SSSR count). The predicted molar refractivity (Wildman–Crippen MR) is 78.1 cm³/mol. The van der Waals surface area contributed by atoms with Crippen molar-refractivity contribution in [2.75, 3.05) is 30.0 Å². The Bertz CT molecular complexity index is 368. The van der Waals surface area contributed by atoms with Crippen molar-refractivity contribution in [3.05, 3.63) is 0 Å². The van der Waals surface area contributed by atoms with Crippen LogP contribution in [0.2, 0.25) is 0 Å². The summed E-state index contributed by atoms with van der Waals surface area (Å²) in [6.07, 6.45) is 4.66. The number of nitrogens with zero attached hydrogens (tertiary/aromatic N) is 2. The van der Waals surface area contributed by atoms with Crippen molar-refractivity contribution in [2.45, 2.75) is 31.6 Å². The maximum atomic E-state index is 5.89. The maximum Gasteiger partial charge on any atom is 0.153 e. The molecule has 0 bridgehead atoms. The molecule has 1 saturated heterocycles. The number of hydrogen-bond acceptors (Lipinski definition) is 5. The number of anilines is 2. The van der Waals surface area contributed by atoms with Crippen LogP contribution in [0.25, 0.3) is 0 Å². The van der Waals surface area contributed by atoms with E-state index >= 15 is 0 Å². The number of piperidine rings is 1. The van der Waals surface area contributed by atoms with Gasteiger partial charge in [-0.3, -0.25) is 0 Å². The average Bonchev–Trinajstić information content (AvgIpc) is 2.70. The quantitative estimate of drug-likeness (QED) is 0.856. The Balaban J connectivity index is 2.05. The van der Waals surface area contributed by atoms with E-state index in [1.165, 1.54) is 17.8 Å². The van der Waals surface area contributed by atoms with Crippen molar-refractivity contribution >= 4 is 34.1 Å². The molecule has 5 heteroatoms. The molecule has 1 aromatic heterocycles. The number of nitrogen functional groups attached to an aromatic ring is 1. The van der Waals surface area contributed by atoms with Crippen LogP contribution in [0.4, 0.5) is 10.8 Å². The second-order valence-electron chi connectivity index (χ2n) is 4.97. The summed E-state index contributed by atoms with van der Waals surface area (Å²) >= 11 is 3.26. The molecule has 0 amide bonds. The van der Waals surface area contributed by atoms with Crippen molar-refractivity contribution in [1.82, 2.24) is 4.37 Å². The molecule has 0 saturated carbocycles. The van der Waals surface area contributed by atoms with Gasteiger partial charge in [0.2, 0.25) is 0 Å². The van der Waals surface area contributed by atoms with Crippen LogP contribution in [0, 0.1) is 11.8 Å². The Morgan fingerprint density at radius 1 is 1.41 bits per heavy atom. The van der Waals surface area contributed by atoms with Gasteiger partial charge in [-0.1, -0.05) is 13.8 Å². The fraction of sp³-hybridized carbons (Fsp3) is 0.750. The lowest BCUT2D eigenvalue weighted by Crippen LogP contribution is -2.34. The molecule has 0 radical (unpaired) electrons. The number of aromatic nitrogens is 1. The maximum absolute atomic E-state index is 5.89. The summed E-state index contributed by atoms with van der Waals surface area (Å²) in [6, 6.07) is 0. The first-order valence-electron chi connectivity index (χ1n) is 6.17. The standard InChI is InChI=1S/C12H21N3S2/c1-8(2)9-4-6-15(7-5-9)12-10(16-3)11(13)14-17-12/h8-9H,4-7H2,1-3H3,(H2,13,14). The van der Waals surface area contributed by atoms with E-state index in [-0.39, 0.29) is 0 Å². The Hall–Kier alpha value is -0.420. The molecule has 17 heavy (non-hydrogen) atoms. The number of nitrogens with two attached hydrogens (primary N) is 1. The fourth-order valence-electron chi connectivity index (χ4n) is 2.45. The van der Waals surface area contributed by atoms with Gasteiger partial charge in [-0.25, -0.2) is 0 Å². The highest BCUT2D eigenvalue weighted by molar-refractivity contribution is 7.99. The molecule has 2 N–H and O–H groups in total. The second-order valence-corrected chi connectivity index (χ2v) is 6.54. The predicted octanol–water partition coefficient (Wildman–Crippen LogP) is 3.32. The highest BCUT2D eigenvalue weighted by Gasteiger charge is 2.25. The minimum atomic E-state index is 0.698. The monoisotopic (exact) mass is 271 g/mol. The van der Waals surface area contributed by atoms with E-state index in [1.54, 1.807) is 23.3 Å². The molecule has 1 aliphatic heterocycles. The molecular formula is C12H21N3S2. The van der Waals surface area contributed by atoms with E-state index in [4.69, 9.17) is 5.73 Å². The van der Waals surface area contributed by atoms with Crippen LogP contribution in [-0.4, -0.2) is 23.7 Å². The third-order valence-electron chi connectivity index (χ3n) is 3.63. The summed E-state index contributed by atoms with van der Waals surface area (Å²) in [5.74, 6) is 2.39. The van der Waals surface area contributed by atoms with Gasteiger partial charge < -0.3 is 10.6 Å². The van der Waals surface area contributed by atoms with Gasteiger partial charge in [0.05, 0.1) is 4.90 Å². The van der Waals surface area contributed by atoms with E-state index < -0.39 is 0 Å². The van der Waals surface area contributed by atoms with Crippen LogP contribution in [0.5, 0.6) is 0 Å². The Labute approximate surface area is 112 Å². The number of thioether (sulfide) groups is 1. The van der Waals surface area contributed by atoms with Crippen molar-refractivity contribution in [3.63, 3.8) is 0 Å². The molecule has 0 unspecified atom stereocenters. The molecule has 1 fully saturated rings. The molecule has 0 aromatic carbocycles. The summed E-state index contributed by atoms with van der Waals surface area (Å²) in [7, 11) is 0. The molecule has 3 nitrogen and oxygen atoms in total. The lowest BCUT2D eigenvalue weighted by molar-refractivity contribution is 0.311. The minimum Gasteiger partial charge on any atom is -0.382 e. The van der Waals surface area contributed by atoms with Crippen LogP contribution in [0.15, 0.2) is 4.90 Å². The van der Waals surface area contributed by atoms with Crippen molar-refractivity contribution < 1.29 is 0 Å². The summed E-state index contributed by atoms with van der Waals surface area (Å²) in [5.41, 5.74) is 5.89. The van der Waals surface area contributed by atoms with E-state index in [9.17, 15) is 0 Å². The SMILES string of the molecule is CSc1c(N)nsc1N1CCC(C(C)C)CC1. The zero-order valence-electron chi connectivity index (χ0n) is 10.8. The first-order chi connectivity index (χ1) is 8.13. The Morgan fingerprint density at radius 2 is 2.06 bits per heavy atom. The van der Waals surface area contributed by atoms with Crippen molar-refractivity contribution in [3.8, 4) is 0 Å². The van der Waals surface area contributed by atoms with Gasteiger partial charge in [-0.05, 0) is 42.5 Å². The lowest BCUT2D eigenvalue weighted by atomic mass is 9.87. The summed E-state index contributed by atoms with van der Waals surface area (Å²) in [6.45, 7) is 6.97. The molecule has 0 aliphatic carbocycles. The van der Waals surface area contributed by atoms with Crippen LogP contribution in [0.3, 0.4) is 0 Å². The number of rotatable bonds is 3.